The van der Waals surface area contributed by atoms with Gasteiger partial charge in [-0.15, -0.1) is 0 Å². The second kappa shape index (κ2) is 5.57. The minimum atomic E-state index is -0.246. The molecule has 0 heterocycles. The Hall–Kier alpha value is -2.71. The number of rotatable bonds is 3. The summed E-state index contributed by atoms with van der Waals surface area (Å²) in [6.07, 6.45) is 1.44. The Bertz CT molecular complexity index is 602. The number of anilines is 1. The van der Waals surface area contributed by atoms with Crippen LogP contribution in [0.2, 0.25) is 0 Å². The highest BCUT2D eigenvalue weighted by Gasteiger charge is 2.06. The lowest BCUT2D eigenvalue weighted by atomic mass is 10.2. The van der Waals surface area contributed by atoms with E-state index in [9.17, 15) is 9.59 Å². The number of nitrogens with one attached hydrogen (secondary N) is 1. The van der Waals surface area contributed by atoms with Crippen LogP contribution in [0.1, 0.15) is 10.4 Å². The van der Waals surface area contributed by atoms with E-state index < -0.39 is 0 Å². The van der Waals surface area contributed by atoms with Crippen LogP contribution in [0.15, 0.2) is 59.6 Å². The molecule has 0 aliphatic heterocycles. The first-order chi connectivity index (χ1) is 8.79. The molecule has 0 fully saturated rings. The van der Waals surface area contributed by atoms with Gasteiger partial charge in [-0.2, -0.15) is 4.99 Å². The highest BCUT2D eigenvalue weighted by Crippen LogP contribution is 2.15. The molecule has 0 radical (unpaired) electrons. The Morgan fingerprint density at radius 2 is 1.83 bits per heavy atom. The van der Waals surface area contributed by atoms with E-state index in [1.165, 1.54) is 12.1 Å². The average molecular weight is 238 g/mol. The number of carbonyl (C=O) groups excluding carboxylic acids is 2. The van der Waals surface area contributed by atoms with Gasteiger partial charge in [-0.25, -0.2) is 4.79 Å². The van der Waals surface area contributed by atoms with Crippen LogP contribution < -0.4 is 5.32 Å². The average Bonchev–Trinajstić information content (AvgIpc) is 2.40. The van der Waals surface area contributed by atoms with Gasteiger partial charge in [-0.1, -0.05) is 24.3 Å². The quantitative estimate of drug-likeness (QED) is 0.660. The summed E-state index contributed by atoms with van der Waals surface area (Å²) < 4.78 is 0. The third-order valence-corrected chi connectivity index (χ3v) is 2.31. The molecule has 4 nitrogen and oxygen atoms in total. The molecule has 0 bridgehead atoms. The van der Waals surface area contributed by atoms with Gasteiger partial charge in [0, 0.05) is 11.3 Å². The first-order valence-corrected chi connectivity index (χ1v) is 5.34. The molecule has 2 aromatic carbocycles. The molecule has 0 atom stereocenters. The van der Waals surface area contributed by atoms with Crippen molar-refractivity contribution >= 4 is 23.4 Å². The maximum atomic E-state index is 11.9. The van der Waals surface area contributed by atoms with Gasteiger partial charge in [-0.3, -0.25) is 4.79 Å². The Kier molecular flexibility index (Phi) is 3.64. The zero-order valence-electron chi connectivity index (χ0n) is 9.46. The molecule has 0 aliphatic rings. The van der Waals surface area contributed by atoms with Crippen molar-refractivity contribution in [1.82, 2.24) is 0 Å². The molecule has 2 rings (SSSR count). The van der Waals surface area contributed by atoms with Gasteiger partial charge >= 0.3 is 0 Å². The van der Waals surface area contributed by atoms with Gasteiger partial charge in [0.15, 0.2) is 0 Å². The van der Waals surface area contributed by atoms with E-state index >= 15 is 0 Å². The van der Waals surface area contributed by atoms with Crippen molar-refractivity contribution in [2.75, 3.05) is 5.32 Å². The van der Waals surface area contributed by atoms with E-state index in [2.05, 4.69) is 10.3 Å². The molecular weight excluding hydrogens is 228 g/mol. The summed E-state index contributed by atoms with van der Waals surface area (Å²) in [6, 6.07) is 15.6. The summed E-state index contributed by atoms with van der Waals surface area (Å²) >= 11 is 0. The van der Waals surface area contributed by atoms with E-state index in [1.54, 1.807) is 30.3 Å². The molecule has 1 amide bonds. The van der Waals surface area contributed by atoms with Crippen LogP contribution in [0, 0.1) is 0 Å². The summed E-state index contributed by atoms with van der Waals surface area (Å²) in [5.41, 5.74) is 1.56. The number of aliphatic imine (C=N–C) groups is 1. The van der Waals surface area contributed by atoms with E-state index in [0.29, 0.717) is 16.9 Å². The van der Waals surface area contributed by atoms with Crippen molar-refractivity contribution in [3.8, 4) is 0 Å². The number of nitrogens with zero attached hydrogens (tertiary/aromatic N) is 1. The normalized spacial score (nSPS) is 9.33. The van der Waals surface area contributed by atoms with Crippen molar-refractivity contribution in [3.63, 3.8) is 0 Å². The maximum Gasteiger partial charge on any atom is 0.255 e. The van der Waals surface area contributed by atoms with Crippen LogP contribution in [-0.2, 0) is 4.79 Å². The van der Waals surface area contributed by atoms with Crippen molar-refractivity contribution in [2.45, 2.75) is 0 Å². The number of hydrogen-bond donors (Lipinski definition) is 1. The molecule has 0 aliphatic carbocycles. The van der Waals surface area contributed by atoms with Gasteiger partial charge in [0.25, 0.3) is 5.91 Å². The predicted molar refractivity (Wildman–Crippen MR) is 68.6 cm³/mol. The lowest BCUT2D eigenvalue weighted by Gasteiger charge is -2.04. The standard InChI is InChI=1S/C14H10N2O2/c17-10-15-13-8-4-5-11(9-13)14(18)16-12-6-2-1-3-7-12/h1-9H,(H,16,18). The third-order valence-electron chi connectivity index (χ3n) is 2.31. The lowest BCUT2D eigenvalue weighted by molar-refractivity contribution is 0.102. The summed E-state index contributed by atoms with van der Waals surface area (Å²) in [5.74, 6) is -0.246. The predicted octanol–water partition coefficient (Wildman–Crippen LogP) is 2.91. The van der Waals surface area contributed by atoms with Gasteiger partial charge in [0.1, 0.15) is 0 Å². The minimum Gasteiger partial charge on any atom is -0.322 e. The SMILES string of the molecule is O=C=Nc1cccc(C(=O)Nc2ccccc2)c1. The zero-order valence-corrected chi connectivity index (χ0v) is 9.46. The van der Waals surface area contributed by atoms with Crippen LogP contribution in [0.5, 0.6) is 0 Å². The number of isocyanates is 1. The van der Waals surface area contributed by atoms with E-state index in [0.717, 1.165) is 0 Å². The van der Waals surface area contributed by atoms with E-state index in [-0.39, 0.29) is 5.91 Å². The van der Waals surface area contributed by atoms with Gasteiger partial charge < -0.3 is 5.32 Å². The van der Waals surface area contributed by atoms with E-state index in [4.69, 9.17) is 0 Å². The largest absolute Gasteiger partial charge is 0.322 e. The van der Waals surface area contributed by atoms with Crippen molar-refractivity contribution in [1.29, 1.82) is 0 Å². The van der Waals surface area contributed by atoms with Gasteiger partial charge in [-0.05, 0) is 30.3 Å². The Morgan fingerprint density at radius 3 is 2.56 bits per heavy atom. The van der Waals surface area contributed by atoms with Crippen molar-refractivity contribution in [3.05, 3.63) is 60.2 Å². The molecule has 0 aromatic heterocycles. The van der Waals surface area contributed by atoms with Crippen LogP contribution in [-0.4, -0.2) is 12.0 Å². The second-order valence-electron chi connectivity index (χ2n) is 3.57. The Morgan fingerprint density at radius 1 is 1.06 bits per heavy atom. The van der Waals surface area contributed by atoms with Crippen molar-refractivity contribution in [2.24, 2.45) is 4.99 Å². The highest BCUT2D eigenvalue weighted by molar-refractivity contribution is 6.04. The van der Waals surface area contributed by atoms with Gasteiger partial charge in [0.05, 0.1) is 5.69 Å². The van der Waals surface area contributed by atoms with Crippen molar-refractivity contribution < 1.29 is 9.59 Å². The summed E-state index contributed by atoms with van der Waals surface area (Å²) in [7, 11) is 0. The Balaban J connectivity index is 2.19. The topological polar surface area (TPSA) is 58.5 Å². The fourth-order valence-electron chi connectivity index (χ4n) is 1.49. The Labute approximate surface area is 104 Å². The fraction of sp³-hybridized carbons (Fsp3) is 0. The number of carbonyl (C=O) groups is 1. The van der Waals surface area contributed by atoms with Crippen LogP contribution in [0.4, 0.5) is 11.4 Å². The summed E-state index contributed by atoms with van der Waals surface area (Å²) in [5, 5.41) is 2.75. The highest BCUT2D eigenvalue weighted by atomic mass is 16.1. The second-order valence-corrected chi connectivity index (χ2v) is 3.57. The summed E-state index contributed by atoms with van der Waals surface area (Å²) in [4.78, 5) is 25.5. The van der Waals surface area contributed by atoms with Crippen LogP contribution in [0.25, 0.3) is 0 Å². The summed E-state index contributed by atoms with van der Waals surface area (Å²) in [6.45, 7) is 0. The van der Waals surface area contributed by atoms with Crippen LogP contribution in [0.3, 0.4) is 0 Å². The molecule has 0 spiro atoms. The molecular formula is C14H10N2O2. The molecule has 18 heavy (non-hydrogen) atoms. The lowest BCUT2D eigenvalue weighted by Crippen LogP contribution is -2.11. The number of para-hydroxylation sites is 1. The maximum absolute atomic E-state index is 11.9. The zero-order chi connectivity index (χ0) is 12.8. The number of amides is 1. The molecule has 88 valence electrons. The first kappa shape index (κ1) is 11.8. The molecule has 1 N–H and O–H groups in total. The number of benzene rings is 2. The van der Waals surface area contributed by atoms with Gasteiger partial charge in [0.2, 0.25) is 6.08 Å². The first-order valence-electron chi connectivity index (χ1n) is 5.34. The molecule has 0 saturated carbocycles. The fourth-order valence-corrected chi connectivity index (χ4v) is 1.49. The van der Waals surface area contributed by atoms with Crippen LogP contribution >= 0.6 is 0 Å². The molecule has 0 saturated heterocycles. The molecule has 4 heteroatoms. The molecule has 0 unspecified atom stereocenters. The smallest absolute Gasteiger partial charge is 0.255 e. The van der Waals surface area contributed by atoms with E-state index in [1.807, 2.05) is 18.2 Å². The number of hydrogen-bond acceptors (Lipinski definition) is 3. The third kappa shape index (κ3) is 2.90. The minimum absolute atomic E-state index is 0.246. The monoisotopic (exact) mass is 238 g/mol. The molecule has 2 aromatic rings.